The molecule has 0 radical (unpaired) electrons. The maximum absolute atomic E-state index is 13.0. The molecule has 8 nitrogen and oxygen atoms in total. The molecule has 1 aromatic heterocycles. The van der Waals surface area contributed by atoms with Crippen molar-refractivity contribution in [3.8, 4) is 16.9 Å². The fourth-order valence-corrected chi connectivity index (χ4v) is 4.47. The van der Waals surface area contributed by atoms with Gasteiger partial charge in [0.15, 0.2) is 0 Å². The molecule has 1 N–H and O–H groups in total. The molecule has 5 rings (SSSR count). The molecule has 2 aromatic carbocycles. The molecule has 0 spiro atoms. The molecule has 1 fully saturated rings. The van der Waals surface area contributed by atoms with E-state index in [0.29, 0.717) is 12.0 Å². The van der Waals surface area contributed by atoms with Gasteiger partial charge in [0, 0.05) is 34.6 Å². The lowest BCUT2D eigenvalue weighted by Gasteiger charge is -2.29. The Bertz CT molecular complexity index is 1200. The summed E-state index contributed by atoms with van der Waals surface area (Å²) in [6, 6.07) is 12.9. The predicted molar refractivity (Wildman–Crippen MR) is 115 cm³/mol. The molecule has 2 aliphatic heterocycles. The Hall–Kier alpha value is -3.46. The van der Waals surface area contributed by atoms with Crippen LogP contribution in [0.15, 0.2) is 53.6 Å². The van der Waals surface area contributed by atoms with Crippen LogP contribution in [0.2, 0.25) is 0 Å². The summed E-state index contributed by atoms with van der Waals surface area (Å²) < 4.78 is 1.66. The minimum Gasteiger partial charge on any atom is -0.322 e. The number of thioether (sulfide) groups is 1. The highest BCUT2D eigenvalue weighted by Crippen LogP contribution is 2.32. The second-order valence-electron chi connectivity index (χ2n) is 7.48. The van der Waals surface area contributed by atoms with E-state index in [1.165, 1.54) is 9.80 Å². The van der Waals surface area contributed by atoms with Crippen molar-refractivity contribution in [3.05, 3.63) is 59.8 Å². The maximum atomic E-state index is 13.0. The third-order valence-corrected chi connectivity index (χ3v) is 6.43. The number of imide groups is 1. The highest BCUT2D eigenvalue weighted by molar-refractivity contribution is 7.98. The van der Waals surface area contributed by atoms with Gasteiger partial charge in [-0.1, -0.05) is 23.4 Å². The van der Waals surface area contributed by atoms with Gasteiger partial charge in [-0.05, 0) is 36.9 Å². The van der Waals surface area contributed by atoms with Crippen molar-refractivity contribution in [2.45, 2.75) is 30.3 Å². The third-order valence-electron chi connectivity index (χ3n) is 5.68. The molecule has 3 heterocycles. The van der Waals surface area contributed by atoms with Crippen LogP contribution in [-0.4, -0.2) is 49.9 Å². The Morgan fingerprint density at radius 3 is 2.65 bits per heavy atom. The van der Waals surface area contributed by atoms with Crippen LogP contribution in [0.3, 0.4) is 0 Å². The van der Waals surface area contributed by atoms with E-state index in [2.05, 4.69) is 15.6 Å². The highest BCUT2D eigenvalue weighted by Gasteiger charge is 2.40. The van der Waals surface area contributed by atoms with Gasteiger partial charge in [-0.2, -0.15) is 0 Å². The molecule has 156 valence electrons. The number of fused-ring (bicyclic) bond motifs is 1. The third kappa shape index (κ3) is 3.40. The molecular weight excluding hydrogens is 414 g/mol. The highest BCUT2D eigenvalue weighted by atomic mass is 32.2. The Morgan fingerprint density at radius 2 is 1.90 bits per heavy atom. The summed E-state index contributed by atoms with van der Waals surface area (Å²) in [6.07, 6.45) is 4.42. The van der Waals surface area contributed by atoms with Crippen LogP contribution in [0.5, 0.6) is 0 Å². The van der Waals surface area contributed by atoms with Gasteiger partial charge in [0.1, 0.15) is 11.7 Å². The van der Waals surface area contributed by atoms with Gasteiger partial charge in [0.05, 0.1) is 11.9 Å². The van der Waals surface area contributed by atoms with Gasteiger partial charge in [-0.25, -0.2) is 4.68 Å². The largest absolute Gasteiger partial charge is 0.322 e. The number of aromatic nitrogens is 3. The molecule has 2 aliphatic rings. The van der Waals surface area contributed by atoms with Gasteiger partial charge in [-0.3, -0.25) is 19.7 Å². The first-order chi connectivity index (χ1) is 15.0. The number of hydrogen-bond acceptors (Lipinski definition) is 6. The van der Waals surface area contributed by atoms with Gasteiger partial charge < -0.3 is 4.90 Å². The Kier molecular flexibility index (Phi) is 4.82. The lowest BCUT2D eigenvalue weighted by Crippen LogP contribution is -2.52. The summed E-state index contributed by atoms with van der Waals surface area (Å²) in [6.45, 7) is 0.286. The van der Waals surface area contributed by atoms with Gasteiger partial charge in [0.25, 0.3) is 5.91 Å². The van der Waals surface area contributed by atoms with Gasteiger partial charge in [0.2, 0.25) is 11.8 Å². The lowest BCUT2D eigenvalue weighted by molar-refractivity contribution is -0.136. The van der Waals surface area contributed by atoms with E-state index in [4.69, 9.17) is 0 Å². The molecule has 1 saturated heterocycles. The molecule has 1 atom stereocenters. The molecule has 0 saturated carbocycles. The summed E-state index contributed by atoms with van der Waals surface area (Å²) in [5, 5.41) is 10.9. The van der Waals surface area contributed by atoms with Crippen LogP contribution in [0.4, 0.5) is 0 Å². The maximum Gasteiger partial charge on any atom is 0.255 e. The summed E-state index contributed by atoms with van der Waals surface area (Å²) in [5.41, 5.74) is 3.78. The number of rotatable bonds is 4. The van der Waals surface area contributed by atoms with Crippen LogP contribution in [0, 0.1) is 0 Å². The monoisotopic (exact) mass is 433 g/mol. The van der Waals surface area contributed by atoms with E-state index >= 15 is 0 Å². The molecule has 3 amide bonds. The molecule has 0 aliphatic carbocycles. The zero-order chi connectivity index (χ0) is 21.5. The van der Waals surface area contributed by atoms with E-state index < -0.39 is 11.9 Å². The standard InChI is InChI=1S/C22H19N5O3S/c1-31-14-7-5-13(6-8-14)17-12-27(25-24-17)18-4-2-3-15-16(18)11-26(22(15)30)19-9-10-20(28)23-21(19)29/h2-8,12,19H,9-11H2,1H3,(H,23,28,29). The summed E-state index contributed by atoms with van der Waals surface area (Å²) in [4.78, 5) is 39.5. The normalized spacial score (nSPS) is 18.3. The number of nitrogens with one attached hydrogen (secondary N) is 1. The van der Waals surface area contributed by atoms with Gasteiger partial charge in [-0.15, -0.1) is 16.9 Å². The zero-order valence-corrected chi connectivity index (χ0v) is 17.6. The van der Waals surface area contributed by atoms with E-state index in [1.807, 2.05) is 42.8 Å². The summed E-state index contributed by atoms with van der Waals surface area (Å²) in [7, 11) is 0. The van der Waals surface area contributed by atoms with Gasteiger partial charge >= 0.3 is 0 Å². The fraction of sp³-hybridized carbons (Fsp3) is 0.227. The molecule has 31 heavy (non-hydrogen) atoms. The van der Waals surface area contributed by atoms with Crippen LogP contribution in [-0.2, 0) is 16.1 Å². The Balaban J connectivity index is 1.45. The average molecular weight is 433 g/mol. The van der Waals surface area contributed by atoms with Crippen molar-refractivity contribution in [3.63, 3.8) is 0 Å². The molecule has 3 aromatic rings. The number of benzene rings is 2. The topological polar surface area (TPSA) is 97.2 Å². The van der Waals surface area contributed by atoms with Crippen molar-refractivity contribution >= 4 is 29.5 Å². The summed E-state index contributed by atoms with van der Waals surface area (Å²) in [5.74, 6) is -0.929. The quantitative estimate of drug-likeness (QED) is 0.501. The number of amides is 3. The number of piperidine rings is 1. The van der Waals surface area contributed by atoms with E-state index in [9.17, 15) is 14.4 Å². The molecule has 0 bridgehead atoms. The molecule has 1 unspecified atom stereocenters. The van der Waals surface area contributed by atoms with Crippen LogP contribution in [0.1, 0.15) is 28.8 Å². The van der Waals surface area contributed by atoms with Crippen molar-refractivity contribution in [2.75, 3.05) is 6.26 Å². The molecular formula is C22H19N5O3S. The van der Waals surface area contributed by atoms with Crippen molar-refractivity contribution in [2.24, 2.45) is 0 Å². The first kappa shape index (κ1) is 19.5. The zero-order valence-electron chi connectivity index (χ0n) is 16.7. The first-order valence-electron chi connectivity index (χ1n) is 9.89. The second kappa shape index (κ2) is 7.66. The molecule has 9 heteroatoms. The van der Waals surface area contributed by atoms with Crippen molar-refractivity contribution < 1.29 is 14.4 Å². The van der Waals surface area contributed by atoms with E-state index in [-0.39, 0.29) is 24.8 Å². The Morgan fingerprint density at radius 1 is 1.10 bits per heavy atom. The number of nitrogens with zero attached hydrogens (tertiary/aromatic N) is 4. The van der Waals surface area contributed by atoms with E-state index in [0.717, 1.165) is 22.5 Å². The second-order valence-corrected chi connectivity index (χ2v) is 8.36. The van der Waals surface area contributed by atoms with Crippen LogP contribution in [0.25, 0.3) is 16.9 Å². The smallest absolute Gasteiger partial charge is 0.255 e. The number of carbonyl (C=O) groups is 3. The van der Waals surface area contributed by atoms with Crippen molar-refractivity contribution in [1.82, 2.24) is 25.2 Å². The van der Waals surface area contributed by atoms with Crippen LogP contribution >= 0.6 is 11.8 Å². The van der Waals surface area contributed by atoms with E-state index in [1.54, 1.807) is 28.6 Å². The fourth-order valence-electron chi connectivity index (χ4n) is 4.06. The lowest BCUT2D eigenvalue weighted by atomic mass is 10.0. The van der Waals surface area contributed by atoms with Crippen LogP contribution < -0.4 is 5.32 Å². The average Bonchev–Trinajstić information content (AvgIpc) is 3.39. The minimum atomic E-state index is -0.647. The number of carbonyl (C=O) groups excluding carboxylic acids is 3. The minimum absolute atomic E-state index is 0.209. The number of hydrogen-bond donors (Lipinski definition) is 1. The first-order valence-corrected chi connectivity index (χ1v) is 11.1. The Labute approximate surface area is 182 Å². The van der Waals surface area contributed by atoms with Crippen molar-refractivity contribution in [1.29, 1.82) is 0 Å². The summed E-state index contributed by atoms with van der Waals surface area (Å²) >= 11 is 1.68. The SMILES string of the molecule is CSc1ccc(-c2cn(-c3cccc4c3CN(C3CCC(=O)NC3=O)C4=O)nn2)cc1. The predicted octanol–water partition coefficient (Wildman–Crippen LogP) is 2.42.